The third-order valence-corrected chi connectivity index (χ3v) is 3.06. The lowest BCUT2D eigenvalue weighted by Gasteiger charge is -2.19. The molecule has 0 fully saturated rings. The van der Waals surface area contributed by atoms with Crippen LogP contribution in [0, 0.1) is 11.3 Å². The minimum atomic E-state index is -0.968. The van der Waals surface area contributed by atoms with Crippen LogP contribution in [0.4, 0.5) is 11.4 Å². The molecule has 0 unspecified atom stereocenters. The molecule has 2 aromatic rings. The molecule has 0 saturated carbocycles. The molecule has 0 saturated heterocycles. The Hall–Kier alpha value is -3.06. The maximum atomic E-state index is 10.5. The zero-order valence-corrected chi connectivity index (χ0v) is 11.5. The molecule has 0 bridgehead atoms. The second-order valence-electron chi connectivity index (χ2n) is 4.48. The highest BCUT2D eigenvalue weighted by Crippen LogP contribution is 2.24. The molecule has 0 aliphatic carbocycles. The van der Waals surface area contributed by atoms with E-state index in [1.165, 1.54) is 0 Å². The van der Waals surface area contributed by atoms with Gasteiger partial charge in [-0.15, -0.1) is 0 Å². The van der Waals surface area contributed by atoms with E-state index in [0.717, 1.165) is 23.0 Å². The molecule has 0 spiro atoms. The Morgan fingerprint density at radius 1 is 1.19 bits per heavy atom. The van der Waals surface area contributed by atoms with E-state index in [1.54, 1.807) is 12.1 Å². The number of nitrogens with zero attached hydrogens (tertiary/aromatic N) is 2. The number of rotatable bonds is 4. The monoisotopic (exact) mass is 278 g/mol. The largest absolute Gasteiger partial charge is 0.478 e. The summed E-state index contributed by atoms with van der Waals surface area (Å²) in [6, 6.07) is 17.0. The Morgan fingerprint density at radius 2 is 1.90 bits per heavy atom. The third kappa shape index (κ3) is 3.71. The van der Waals surface area contributed by atoms with Gasteiger partial charge in [-0.05, 0) is 42.0 Å². The van der Waals surface area contributed by atoms with Crippen LogP contribution in [-0.4, -0.2) is 18.1 Å². The summed E-state index contributed by atoms with van der Waals surface area (Å²) in [7, 11) is 1.92. The molecule has 2 aromatic carbocycles. The average Bonchev–Trinajstić information content (AvgIpc) is 2.52. The van der Waals surface area contributed by atoms with E-state index in [1.807, 2.05) is 54.4 Å². The first-order chi connectivity index (χ1) is 10.1. The Labute approximate surface area is 123 Å². The summed E-state index contributed by atoms with van der Waals surface area (Å²) >= 11 is 0. The van der Waals surface area contributed by atoms with Crippen molar-refractivity contribution in [3.63, 3.8) is 0 Å². The first kappa shape index (κ1) is 14.4. The van der Waals surface area contributed by atoms with E-state index in [4.69, 9.17) is 10.4 Å². The molecule has 0 heterocycles. The van der Waals surface area contributed by atoms with E-state index in [2.05, 4.69) is 6.07 Å². The van der Waals surface area contributed by atoms with Gasteiger partial charge in [0.25, 0.3) is 0 Å². The quantitative estimate of drug-likeness (QED) is 0.870. The number of carboxylic acids is 1. The van der Waals surface area contributed by atoms with E-state index in [9.17, 15) is 4.79 Å². The maximum absolute atomic E-state index is 10.5. The molecule has 0 radical (unpaired) electrons. The van der Waals surface area contributed by atoms with Gasteiger partial charge in [-0.1, -0.05) is 18.2 Å². The van der Waals surface area contributed by atoms with Crippen molar-refractivity contribution in [3.05, 3.63) is 65.7 Å². The van der Waals surface area contributed by atoms with Crippen LogP contribution in [0.3, 0.4) is 0 Å². The first-order valence-electron chi connectivity index (χ1n) is 6.35. The second-order valence-corrected chi connectivity index (χ2v) is 4.48. The molecule has 0 aromatic heterocycles. The SMILES string of the molecule is CN(c1ccc(C=CC(=O)O)cc1)c1cccc(C#N)c1. The van der Waals surface area contributed by atoms with Crippen LogP contribution in [0.25, 0.3) is 6.08 Å². The molecule has 0 atom stereocenters. The first-order valence-corrected chi connectivity index (χ1v) is 6.35. The number of benzene rings is 2. The van der Waals surface area contributed by atoms with Crippen molar-refractivity contribution >= 4 is 23.4 Å². The van der Waals surface area contributed by atoms with Crippen LogP contribution in [-0.2, 0) is 4.79 Å². The highest BCUT2D eigenvalue weighted by Gasteiger charge is 2.04. The minimum Gasteiger partial charge on any atom is -0.478 e. The van der Waals surface area contributed by atoms with Crippen LogP contribution in [0.5, 0.6) is 0 Å². The van der Waals surface area contributed by atoms with E-state index in [0.29, 0.717) is 5.56 Å². The van der Waals surface area contributed by atoms with Crippen molar-refractivity contribution in [1.29, 1.82) is 5.26 Å². The normalized spacial score (nSPS) is 10.3. The summed E-state index contributed by atoms with van der Waals surface area (Å²) in [5.74, 6) is -0.968. The molecule has 4 heteroatoms. The summed E-state index contributed by atoms with van der Waals surface area (Å²) < 4.78 is 0. The molecule has 1 N–H and O–H groups in total. The van der Waals surface area contributed by atoms with Crippen LogP contribution in [0.2, 0.25) is 0 Å². The maximum Gasteiger partial charge on any atom is 0.328 e. The Balaban J connectivity index is 2.21. The summed E-state index contributed by atoms with van der Waals surface area (Å²) in [6.07, 6.45) is 2.65. The number of anilines is 2. The van der Waals surface area contributed by atoms with Gasteiger partial charge in [-0.3, -0.25) is 0 Å². The lowest BCUT2D eigenvalue weighted by Crippen LogP contribution is -2.09. The summed E-state index contributed by atoms with van der Waals surface area (Å²) in [5.41, 5.74) is 3.31. The number of carboxylic acid groups (broad SMARTS) is 1. The Morgan fingerprint density at radius 3 is 2.52 bits per heavy atom. The van der Waals surface area contributed by atoms with Crippen molar-refractivity contribution in [2.45, 2.75) is 0 Å². The van der Waals surface area contributed by atoms with Gasteiger partial charge in [0, 0.05) is 24.5 Å². The minimum absolute atomic E-state index is 0.611. The van der Waals surface area contributed by atoms with Gasteiger partial charge >= 0.3 is 5.97 Å². The third-order valence-electron chi connectivity index (χ3n) is 3.06. The molecule has 0 aliphatic heterocycles. The van der Waals surface area contributed by atoms with Crippen molar-refractivity contribution in [3.8, 4) is 6.07 Å². The fourth-order valence-electron chi connectivity index (χ4n) is 1.91. The van der Waals surface area contributed by atoms with Crippen molar-refractivity contribution in [2.75, 3.05) is 11.9 Å². The fourth-order valence-corrected chi connectivity index (χ4v) is 1.91. The summed E-state index contributed by atoms with van der Waals surface area (Å²) in [6.45, 7) is 0. The number of aliphatic carboxylic acids is 1. The van der Waals surface area contributed by atoms with Crippen LogP contribution in [0.15, 0.2) is 54.6 Å². The van der Waals surface area contributed by atoms with Crippen LogP contribution in [0.1, 0.15) is 11.1 Å². The van der Waals surface area contributed by atoms with E-state index < -0.39 is 5.97 Å². The molecule has 104 valence electrons. The van der Waals surface area contributed by atoms with Gasteiger partial charge in [0.15, 0.2) is 0 Å². The van der Waals surface area contributed by atoms with E-state index >= 15 is 0 Å². The Bertz CT molecular complexity index is 712. The second kappa shape index (κ2) is 6.40. The van der Waals surface area contributed by atoms with Gasteiger partial charge in [0.1, 0.15) is 0 Å². The lowest BCUT2D eigenvalue weighted by molar-refractivity contribution is -0.131. The molecule has 0 amide bonds. The zero-order chi connectivity index (χ0) is 15.2. The fraction of sp³-hybridized carbons (Fsp3) is 0.0588. The summed E-state index contributed by atoms with van der Waals surface area (Å²) in [4.78, 5) is 12.4. The lowest BCUT2D eigenvalue weighted by atomic mass is 10.1. The summed E-state index contributed by atoms with van der Waals surface area (Å²) in [5, 5.41) is 17.5. The Kier molecular flexibility index (Phi) is 4.37. The highest BCUT2D eigenvalue weighted by atomic mass is 16.4. The van der Waals surface area contributed by atoms with Gasteiger partial charge in [0.05, 0.1) is 11.6 Å². The number of carbonyl (C=O) groups is 1. The van der Waals surface area contributed by atoms with Crippen LogP contribution < -0.4 is 4.90 Å². The standard InChI is InChI=1S/C17H14N2O2/c1-19(16-4-2-3-14(11-16)12-18)15-8-5-13(6-9-15)7-10-17(20)21/h2-11H,1H3,(H,20,21). The molecule has 2 rings (SSSR count). The van der Waals surface area contributed by atoms with Crippen molar-refractivity contribution in [2.24, 2.45) is 0 Å². The van der Waals surface area contributed by atoms with Gasteiger partial charge < -0.3 is 10.0 Å². The molecule has 4 nitrogen and oxygen atoms in total. The molecular weight excluding hydrogens is 264 g/mol. The number of nitriles is 1. The van der Waals surface area contributed by atoms with Crippen molar-refractivity contribution in [1.82, 2.24) is 0 Å². The molecule has 0 aliphatic rings. The zero-order valence-electron chi connectivity index (χ0n) is 11.5. The topological polar surface area (TPSA) is 64.3 Å². The smallest absolute Gasteiger partial charge is 0.328 e. The predicted octanol–water partition coefficient (Wildman–Crippen LogP) is 3.42. The highest BCUT2D eigenvalue weighted by molar-refractivity contribution is 5.85. The number of hydrogen-bond acceptors (Lipinski definition) is 3. The molecular formula is C17H14N2O2. The predicted molar refractivity (Wildman–Crippen MR) is 82.3 cm³/mol. The van der Waals surface area contributed by atoms with Gasteiger partial charge in [-0.2, -0.15) is 5.26 Å². The molecule has 21 heavy (non-hydrogen) atoms. The van der Waals surface area contributed by atoms with Crippen molar-refractivity contribution < 1.29 is 9.90 Å². The average molecular weight is 278 g/mol. The van der Waals surface area contributed by atoms with Gasteiger partial charge in [-0.25, -0.2) is 4.79 Å². The van der Waals surface area contributed by atoms with Gasteiger partial charge in [0.2, 0.25) is 0 Å². The number of hydrogen-bond donors (Lipinski definition) is 1. The van der Waals surface area contributed by atoms with Crippen LogP contribution >= 0.6 is 0 Å². The van der Waals surface area contributed by atoms with E-state index in [-0.39, 0.29) is 0 Å².